The Kier molecular flexibility index (Phi) is 5.59. The first-order chi connectivity index (χ1) is 16.6. The lowest BCUT2D eigenvalue weighted by Crippen LogP contribution is -2.64. The molecule has 36 heavy (non-hydrogen) atoms. The van der Waals surface area contributed by atoms with Crippen molar-refractivity contribution >= 4 is 11.8 Å². The Hall–Kier alpha value is -1.58. The van der Waals surface area contributed by atoms with Crippen molar-refractivity contribution in [3.63, 3.8) is 0 Å². The quantitative estimate of drug-likeness (QED) is 0.298. The Morgan fingerprint density at radius 3 is 2.22 bits per heavy atom. The van der Waals surface area contributed by atoms with Gasteiger partial charge in [0, 0.05) is 5.41 Å². The van der Waals surface area contributed by atoms with Gasteiger partial charge < -0.3 is 9.47 Å². The lowest BCUT2D eigenvalue weighted by atomic mass is 9.34. The molecule has 0 aromatic rings. The predicted octanol–water partition coefficient (Wildman–Crippen LogP) is 7.28. The van der Waals surface area contributed by atoms with E-state index in [9.17, 15) is 9.59 Å². The van der Waals surface area contributed by atoms with Crippen LogP contribution in [0.2, 0.25) is 0 Å². The maximum atomic E-state index is 13.4. The highest BCUT2D eigenvalue weighted by Crippen LogP contribution is 2.75. The van der Waals surface area contributed by atoms with Crippen LogP contribution in [0.5, 0.6) is 0 Å². The summed E-state index contributed by atoms with van der Waals surface area (Å²) in [6.45, 7) is 16.5. The summed E-state index contributed by atoms with van der Waals surface area (Å²) in [5, 5.41) is 0. The van der Waals surface area contributed by atoms with Crippen LogP contribution in [0.4, 0.5) is 0 Å². The van der Waals surface area contributed by atoms with Crippen molar-refractivity contribution in [1.82, 2.24) is 0 Å². The number of fused-ring (bicyclic) bond motifs is 7. The SMILES string of the molecule is COC(=O)[C@]12CCC(C)(C)C[C@H]1C1=CC[C@@H]3[C@@]4(C)C=C(OC)C(=O)C(C)(C)[C@@H]4CC[C@@]3(C)[C@]1(C)CC2. The number of hydrogen-bond donors (Lipinski definition) is 0. The van der Waals surface area contributed by atoms with Crippen LogP contribution in [0.15, 0.2) is 23.5 Å². The molecule has 0 aromatic carbocycles. The first kappa shape index (κ1) is 26.0. The lowest BCUT2D eigenvalue weighted by molar-refractivity contribution is -0.178. The number of methoxy groups -OCH3 is 2. The number of carbonyl (C=O) groups is 2. The third-order valence-electron chi connectivity index (χ3n) is 12.7. The van der Waals surface area contributed by atoms with Gasteiger partial charge in [0.25, 0.3) is 0 Å². The topological polar surface area (TPSA) is 52.6 Å². The smallest absolute Gasteiger partial charge is 0.312 e. The van der Waals surface area contributed by atoms with Gasteiger partial charge in [0.1, 0.15) is 0 Å². The molecule has 3 fully saturated rings. The standard InChI is InChI=1S/C32H48O4/c1-27(2)14-16-32(26(34)36-9)17-15-30(6)20(21(32)18-27)10-11-24-29(5)19-22(35-8)25(33)28(3,4)23(29)12-13-31(24,30)7/h10,19,21,23-24H,11-18H2,1-9H3/t21-,23-,24+,29-,30+,31+,32-/m0/s1. The highest BCUT2D eigenvalue weighted by atomic mass is 16.5. The molecule has 0 aliphatic heterocycles. The molecule has 0 radical (unpaired) electrons. The molecular formula is C32H48O4. The van der Waals surface area contributed by atoms with Gasteiger partial charge in [-0.15, -0.1) is 0 Å². The van der Waals surface area contributed by atoms with Crippen LogP contribution >= 0.6 is 0 Å². The molecule has 5 rings (SSSR count). The van der Waals surface area contributed by atoms with Gasteiger partial charge in [0.15, 0.2) is 5.76 Å². The fraction of sp³-hybridized carbons (Fsp3) is 0.812. The van der Waals surface area contributed by atoms with Crippen LogP contribution in [0.1, 0.15) is 99.8 Å². The highest BCUT2D eigenvalue weighted by molar-refractivity contribution is 5.99. The summed E-state index contributed by atoms with van der Waals surface area (Å²) in [5.41, 5.74) is 0.985. The molecule has 4 heteroatoms. The molecule has 0 heterocycles. The van der Waals surface area contributed by atoms with Gasteiger partial charge in [-0.05, 0) is 96.9 Å². The summed E-state index contributed by atoms with van der Waals surface area (Å²) in [6.07, 6.45) is 12.9. The zero-order valence-electron chi connectivity index (χ0n) is 24.2. The fourth-order valence-corrected chi connectivity index (χ4v) is 10.4. The van der Waals surface area contributed by atoms with Gasteiger partial charge in [-0.25, -0.2) is 0 Å². The number of ether oxygens (including phenoxy) is 2. The zero-order valence-corrected chi connectivity index (χ0v) is 24.2. The predicted molar refractivity (Wildman–Crippen MR) is 142 cm³/mol. The van der Waals surface area contributed by atoms with E-state index in [0.29, 0.717) is 17.6 Å². The van der Waals surface area contributed by atoms with E-state index in [-0.39, 0.29) is 44.7 Å². The second kappa shape index (κ2) is 7.73. The summed E-state index contributed by atoms with van der Waals surface area (Å²) in [7, 11) is 3.21. The minimum atomic E-state index is -0.429. The number of carbonyl (C=O) groups excluding carboxylic acids is 2. The van der Waals surface area contributed by atoms with Crippen LogP contribution in [-0.2, 0) is 19.1 Å². The molecule has 0 spiro atoms. The van der Waals surface area contributed by atoms with Gasteiger partial charge in [-0.3, -0.25) is 9.59 Å². The number of hydrogen-bond acceptors (Lipinski definition) is 4. The van der Waals surface area contributed by atoms with E-state index in [1.54, 1.807) is 14.2 Å². The third kappa shape index (κ3) is 3.05. The van der Waals surface area contributed by atoms with Crippen LogP contribution in [0, 0.1) is 50.2 Å². The van der Waals surface area contributed by atoms with Crippen LogP contribution in [0.25, 0.3) is 0 Å². The molecule has 0 saturated heterocycles. The van der Waals surface area contributed by atoms with E-state index in [1.165, 1.54) is 5.57 Å². The molecule has 7 atom stereocenters. The van der Waals surface area contributed by atoms with Crippen molar-refractivity contribution < 1.29 is 19.1 Å². The van der Waals surface area contributed by atoms with E-state index in [0.717, 1.165) is 51.4 Å². The Labute approximate surface area is 218 Å². The molecule has 5 aliphatic carbocycles. The van der Waals surface area contributed by atoms with Gasteiger partial charge in [0.2, 0.25) is 5.78 Å². The molecule has 0 bridgehead atoms. The molecule has 0 N–H and O–H groups in total. The van der Waals surface area contributed by atoms with Crippen LogP contribution < -0.4 is 0 Å². The highest BCUT2D eigenvalue weighted by Gasteiger charge is 2.69. The van der Waals surface area contributed by atoms with E-state index in [1.807, 2.05) is 0 Å². The van der Waals surface area contributed by atoms with Crippen LogP contribution in [0.3, 0.4) is 0 Å². The number of allylic oxidation sites excluding steroid dienone is 4. The molecule has 0 amide bonds. The normalized spacial score (nSPS) is 46.7. The Bertz CT molecular complexity index is 1050. The van der Waals surface area contributed by atoms with Gasteiger partial charge >= 0.3 is 5.97 Å². The van der Waals surface area contributed by atoms with Crippen molar-refractivity contribution in [3.8, 4) is 0 Å². The summed E-state index contributed by atoms with van der Waals surface area (Å²) >= 11 is 0. The average Bonchev–Trinajstić information content (AvgIpc) is 2.81. The largest absolute Gasteiger partial charge is 0.493 e. The summed E-state index contributed by atoms with van der Waals surface area (Å²) < 4.78 is 11.2. The maximum Gasteiger partial charge on any atom is 0.312 e. The van der Waals surface area contributed by atoms with Gasteiger partial charge in [-0.1, -0.05) is 60.1 Å². The molecule has 3 saturated carbocycles. The number of Topliss-reactive ketones (excluding diaryl/α,β-unsaturated/α-hetero) is 1. The molecule has 0 unspecified atom stereocenters. The second-order valence-electron chi connectivity index (χ2n) is 15.0. The minimum absolute atomic E-state index is 0.00843. The molecule has 5 aliphatic rings. The number of rotatable bonds is 2. The van der Waals surface area contributed by atoms with Crippen molar-refractivity contribution in [3.05, 3.63) is 23.5 Å². The Morgan fingerprint density at radius 1 is 0.917 bits per heavy atom. The lowest BCUT2D eigenvalue weighted by Gasteiger charge is -2.69. The first-order valence-electron chi connectivity index (χ1n) is 14.2. The van der Waals surface area contributed by atoms with Crippen LogP contribution in [-0.4, -0.2) is 26.0 Å². The monoisotopic (exact) mass is 496 g/mol. The summed E-state index contributed by atoms with van der Waals surface area (Å²) in [5.74, 6) is 1.69. The van der Waals surface area contributed by atoms with E-state index in [2.05, 4.69) is 60.6 Å². The first-order valence-corrected chi connectivity index (χ1v) is 14.2. The Morgan fingerprint density at radius 2 is 1.58 bits per heavy atom. The minimum Gasteiger partial charge on any atom is -0.493 e. The maximum absolute atomic E-state index is 13.4. The Balaban J connectivity index is 1.64. The van der Waals surface area contributed by atoms with E-state index in [4.69, 9.17) is 9.47 Å². The van der Waals surface area contributed by atoms with Gasteiger partial charge in [-0.2, -0.15) is 0 Å². The third-order valence-corrected chi connectivity index (χ3v) is 12.7. The molecule has 0 aromatic heterocycles. The summed E-state index contributed by atoms with van der Waals surface area (Å²) in [4.78, 5) is 26.7. The van der Waals surface area contributed by atoms with Crippen molar-refractivity contribution in [2.24, 2.45) is 50.2 Å². The van der Waals surface area contributed by atoms with E-state index < -0.39 is 5.41 Å². The fourth-order valence-electron chi connectivity index (χ4n) is 10.4. The van der Waals surface area contributed by atoms with Gasteiger partial charge in [0.05, 0.1) is 19.6 Å². The van der Waals surface area contributed by atoms with Crippen molar-refractivity contribution in [2.45, 2.75) is 99.8 Å². The van der Waals surface area contributed by atoms with Crippen molar-refractivity contribution in [1.29, 1.82) is 0 Å². The molecular weight excluding hydrogens is 448 g/mol. The molecule has 200 valence electrons. The van der Waals surface area contributed by atoms with E-state index >= 15 is 0 Å². The second-order valence-corrected chi connectivity index (χ2v) is 15.0. The molecule has 4 nitrogen and oxygen atoms in total. The average molecular weight is 497 g/mol. The van der Waals surface area contributed by atoms with Crippen molar-refractivity contribution in [2.75, 3.05) is 14.2 Å². The zero-order chi connectivity index (χ0) is 26.5. The summed E-state index contributed by atoms with van der Waals surface area (Å²) in [6, 6.07) is 0. The number of esters is 1. The number of ketones is 1.